The average Bonchev–Trinajstić information content (AvgIpc) is 1.81. The van der Waals surface area contributed by atoms with Crippen molar-refractivity contribution in [2.24, 2.45) is 5.84 Å². The van der Waals surface area contributed by atoms with E-state index in [2.05, 4.69) is 17.5 Å². The van der Waals surface area contributed by atoms with Crippen LogP contribution in [0.25, 0.3) is 0 Å². The molecule has 0 aromatic rings. The maximum atomic E-state index is 10.0. The van der Waals surface area contributed by atoms with Gasteiger partial charge in [0.25, 0.3) is 10.1 Å². The minimum absolute atomic E-state index is 0.0439. The van der Waals surface area contributed by atoms with Gasteiger partial charge in [-0.3, -0.25) is 4.55 Å². The third-order valence-electron chi connectivity index (χ3n) is 0.546. The smallest absolute Gasteiger partial charge is 0.283 e. The Labute approximate surface area is 63.5 Å². The zero-order chi connectivity index (χ0) is 8.20. The minimum atomic E-state index is -4.02. The van der Waals surface area contributed by atoms with E-state index >= 15 is 0 Å². The first-order chi connectivity index (χ1) is 4.45. The summed E-state index contributed by atoms with van der Waals surface area (Å²) in [5, 5.41) is 2.09. The molecule has 0 rings (SSSR count). The standard InChI is InChI=1S/C2H7N3O3S2/c3-5-2(9)4-1-10(6,7)8/h1,3H2,(H2,4,5,9)(H,6,7,8). The number of nitrogens with two attached hydrogens (primary N) is 1. The van der Waals surface area contributed by atoms with Gasteiger partial charge in [0.1, 0.15) is 5.88 Å². The Hall–Kier alpha value is -0.440. The van der Waals surface area contributed by atoms with E-state index in [0.717, 1.165) is 0 Å². The Kier molecular flexibility index (Phi) is 3.50. The largest absolute Gasteiger partial charge is 0.346 e. The van der Waals surface area contributed by atoms with Crippen molar-refractivity contribution in [3.8, 4) is 0 Å². The molecule has 0 fully saturated rings. The molecule has 0 unspecified atom stereocenters. The van der Waals surface area contributed by atoms with Crippen LogP contribution in [0.5, 0.6) is 0 Å². The summed E-state index contributed by atoms with van der Waals surface area (Å²) in [6.07, 6.45) is 0. The maximum Gasteiger partial charge on any atom is 0.283 e. The van der Waals surface area contributed by atoms with Gasteiger partial charge in [0.05, 0.1) is 0 Å². The molecule has 0 radical (unpaired) electrons. The zero-order valence-corrected chi connectivity index (χ0v) is 6.50. The monoisotopic (exact) mass is 185 g/mol. The topological polar surface area (TPSA) is 104 Å². The molecule has 5 N–H and O–H groups in total. The number of hydrogen-bond donors (Lipinski definition) is 4. The molecule has 10 heavy (non-hydrogen) atoms. The molecule has 0 heterocycles. The van der Waals surface area contributed by atoms with Crippen LogP contribution in [-0.4, -0.2) is 24.0 Å². The molecular weight excluding hydrogens is 178 g/mol. The van der Waals surface area contributed by atoms with Gasteiger partial charge in [-0.1, -0.05) is 0 Å². The minimum Gasteiger partial charge on any atom is -0.346 e. The number of nitrogens with one attached hydrogen (secondary N) is 2. The molecule has 0 aliphatic rings. The lowest BCUT2D eigenvalue weighted by Gasteiger charge is -2.02. The number of hydrazine groups is 1. The molecule has 0 spiro atoms. The van der Waals surface area contributed by atoms with Crippen LogP contribution >= 0.6 is 12.2 Å². The normalized spacial score (nSPS) is 10.6. The molecule has 0 atom stereocenters. The van der Waals surface area contributed by atoms with Crippen LogP contribution in [0.4, 0.5) is 0 Å². The van der Waals surface area contributed by atoms with Gasteiger partial charge in [0.2, 0.25) is 0 Å². The van der Waals surface area contributed by atoms with Gasteiger partial charge in [-0.2, -0.15) is 8.42 Å². The predicted molar refractivity (Wildman–Crippen MR) is 39.5 cm³/mol. The van der Waals surface area contributed by atoms with E-state index < -0.39 is 16.0 Å². The van der Waals surface area contributed by atoms with Crippen molar-refractivity contribution in [1.29, 1.82) is 0 Å². The summed E-state index contributed by atoms with van der Waals surface area (Å²) in [4.78, 5) is 0. The first kappa shape index (κ1) is 9.56. The fraction of sp³-hybridized carbons (Fsp3) is 0.500. The summed E-state index contributed by atoms with van der Waals surface area (Å²) in [6, 6.07) is 0. The quantitative estimate of drug-likeness (QED) is 0.173. The third-order valence-corrected chi connectivity index (χ3v) is 1.32. The van der Waals surface area contributed by atoms with Gasteiger partial charge in [0.15, 0.2) is 5.11 Å². The van der Waals surface area contributed by atoms with Crippen LogP contribution < -0.4 is 16.6 Å². The lowest BCUT2D eigenvalue weighted by atomic mass is 11.1. The maximum absolute atomic E-state index is 10.0. The van der Waals surface area contributed by atoms with Gasteiger partial charge in [-0.05, 0) is 12.2 Å². The van der Waals surface area contributed by atoms with Crippen molar-refractivity contribution in [2.75, 3.05) is 5.88 Å². The first-order valence-corrected chi connectivity index (χ1v) is 4.17. The van der Waals surface area contributed by atoms with E-state index in [9.17, 15) is 8.42 Å². The molecule has 0 amide bonds. The summed E-state index contributed by atoms with van der Waals surface area (Å²) < 4.78 is 28.2. The van der Waals surface area contributed by atoms with Crippen molar-refractivity contribution in [1.82, 2.24) is 10.7 Å². The molecule has 0 saturated heterocycles. The van der Waals surface area contributed by atoms with E-state index in [1.54, 1.807) is 0 Å². The summed E-state index contributed by atoms with van der Waals surface area (Å²) in [5.41, 5.74) is 1.98. The Morgan fingerprint density at radius 1 is 1.70 bits per heavy atom. The molecule has 0 aliphatic heterocycles. The highest BCUT2D eigenvalue weighted by Gasteiger charge is 2.02. The molecule has 8 heteroatoms. The van der Waals surface area contributed by atoms with Crippen molar-refractivity contribution >= 4 is 27.4 Å². The van der Waals surface area contributed by atoms with Gasteiger partial charge < -0.3 is 10.7 Å². The van der Waals surface area contributed by atoms with Crippen LogP contribution in [0.2, 0.25) is 0 Å². The second-order valence-corrected chi connectivity index (χ2v) is 3.24. The van der Waals surface area contributed by atoms with E-state index in [4.69, 9.17) is 10.4 Å². The fourth-order valence-electron chi connectivity index (χ4n) is 0.208. The zero-order valence-electron chi connectivity index (χ0n) is 4.86. The summed E-state index contributed by atoms with van der Waals surface area (Å²) in [5.74, 6) is 4.13. The third kappa shape index (κ3) is 5.69. The van der Waals surface area contributed by atoms with E-state index in [1.807, 2.05) is 5.43 Å². The molecule has 6 nitrogen and oxygen atoms in total. The molecule has 60 valence electrons. The second-order valence-electron chi connectivity index (χ2n) is 1.38. The van der Waals surface area contributed by atoms with Gasteiger partial charge in [-0.15, -0.1) is 0 Å². The molecular formula is C2H7N3O3S2. The van der Waals surface area contributed by atoms with Crippen molar-refractivity contribution < 1.29 is 13.0 Å². The number of rotatable bonds is 2. The predicted octanol–water partition coefficient (Wildman–Crippen LogP) is -1.83. The van der Waals surface area contributed by atoms with Gasteiger partial charge in [0, 0.05) is 0 Å². The van der Waals surface area contributed by atoms with E-state index in [0.29, 0.717) is 0 Å². The van der Waals surface area contributed by atoms with Crippen molar-refractivity contribution in [3.63, 3.8) is 0 Å². The lowest BCUT2D eigenvalue weighted by molar-refractivity contribution is 0.481. The summed E-state index contributed by atoms with van der Waals surface area (Å²) in [6.45, 7) is 0. The Bertz CT molecular complexity index is 210. The Balaban J connectivity index is 3.67. The molecule has 0 aromatic heterocycles. The highest BCUT2D eigenvalue weighted by atomic mass is 32.2. The summed E-state index contributed by atoms with van der Waals surface area (Å²) >= 11 is 4.40. The highest BCUT2D eigenvalue weighted by molar-refractivity contribution is 7.85. The van der Waals surface area contributed by atoms with E-state index in [-0.39, 0.29) is 5.11 Å². The van der Waals surface area contributed by atoms with Crippen LogP contribution in [0.1, 0.15) is 0 Å². The Morgan fingerprint density at radius 2 is 2.20 bits per heavy atom. The second kappa shape index (κ2) is 3.66. The van der Waals surface area contributed by atoms with Crippen molar-refractivity contribution in [2.45, 2.75) is 0 Å². The SMILES string of the molecule is NNC(=S)NCS(=O)(=O)O. The van der Waals surface area contributed by atoms with Crippen LogP contribution in [0.15, 0.2) is 0 Å². The number of thiocarbonyl (C=S) groups is 1. The first-order valence-electron chi connectivity index (χ1n) is 2.15. The lowest BCUT2D eigenvalue weighted by Crippen LogP contribution is -2.41. The van der Waals surface area contributed by atoms with Crippen LogP contribution in [-0.2, 0) is 10.1 Å². The molecule has 0 bridgehead atoms. The highest BCUT2D eigenvalue weighted by Crippen LogP contribution is 1.75. The van der Waals surface area contributed by atoms with Gasteiger partial charge in [-0.25, -0.2) is 5.84 Å². The molecule has 0 aliphatic carbocycles. The van der Waals surface area contributed by atoms with Crippen LogP contribution in [0.3, 0.4) is 0 Å². The van der Waals surface area contributed by atoms with Gasteiger partial charge >= 0.3 is 0 Å². The molecule has 0 aromatic carbocycles. The fourth-order valence-corrected chi connectivity index (χ4v) is 0.698. The molecule has 0 saturated carbocycles. The van der Waals surface area contributed by atoms with E-state index in [1.165, 1.54) is 0 Å². The Morgan fingerprint density at radius 3 is 2.50 bits per heavy atom. The van der Waals surface area contributed by atoms with Crippen molar-refractivity contribution in [3.05, 3.63) is 0 Å². The summed E-state index contributed by atoms with van der Waals surface area (Å²) in [7, 11) is -4.02. The van der Waals surface area contributed by atoms with Crippen LogP contribution in [0, 0.1) is 0 Å². The average molecular weight is 185 g/mol. The number of hydrogen-bond acceptors (Lipinski definition) is 4.